The van der Waals surface area contributed by atoms with Crippen LogP contribution in [-0.4, -0.2) is 52.0 Å². The van der Waals surface area contributed by atoms with Crippen molar-refractivity contribution in [3.05, 3.63) is 0 Å². The molecule has 1 heterocycles. The van der Waals surface area contributed by atoms with Crippen molar-refractivity contribution >= 4 is 17.9 Å². The van der Waals surface area contributed by atoms with E-state index in [4.69, 9.17) is 20.1 Å². The first-order valence-corrected chi connectivity index (χ1v) is 5.02. The maximum Gasteiger partial charge on any atom is 0.490 e. The summed E-state index contributed by atoms with van der Waals surface area (Å²) in [6.45, 7) is 0.489. The van der Waals surface area contributed by atoms with Crippen molar-refractivity contribution in [3.8, 4) is 0 Å². The van der Waals surface area contributed by atoms with Gasteiger partial charge in [-0.1, -0.05) is 0 Å². The van der Waals surface area contributed by atoms with E-state index in [2.05, 4.69) is 5.32 Å². The van der Waals surface area contributed by atoms with Gasteiger partial charge >= 0.3 is 24.1 Å². The molecule has 10 heteroatoms. The van der Waals surface area contributed by atoms with Crippen LogP contribution in [0.3, 0.4) is 0 Å². The number of rotatable bonds is 3. The zero-order valence-electron chi connectivity index (χ0n) is 9.48. The largest absolute Gasteiger partial charge is 0.490 e. The van der Waals surface area contributed by atoms with E-state index in [0.29, 0.717) is 13.0 Å². The molecule has 4 N–H and O–H groups in total. The van der Waals surface area contributed by atoms with Crippen LogP contribution in [-0.2, 0) is 14.4 Å². The second-order valence-electron chi connectivity index (χ2n) is 3.80. The lowest BCUT2D eigenvalue weighted by Gasteiger charge is -2.02. The summed E-state index contributed by atoms with van der Waals surface area (Å²) in [6, 6.07) is -0.561. The third-order valence-corrected chi connectivity index (χ3v) is 2.23. The highest BCUT2D eigenvalue weighted by Crippen LogP contribution is 2.17. The summed E-state index contributed by atoms with van der Waals surface area (Å²) in [7, 11) is 0. The summed E-state index contributed by atoms with van der Waals surface area (Å²) in [4.78, 5) is 29.6. The minimum atomic E-state index is -5.08. The molecule has 0 bridgehead atoms. The summed E-state index contributed by atoms with van der Waals surface area (Å²) in [5.41, 5.74) is 0. The Morgan fingerprint density at radius 3 is 1.89 bits per heavy atom. The van der Waals surface area contributed by atoms with Gasteiger partial charge in [0.25, 0.3) is 0 Å². The number of alkyl halides is 3. The number of halogens is 3. The van der Waals surface area contributed by atoms with Crippen molar-refractivity contribution in [2.45, 2.75) is 25.1 Å². The number of hydrogen-bond donors (Lipinski definition) is 4. The van der Waals surface area contributed by atoms with E-state index in [1.807, 2.05) is 0 Å². The van der Waals surface area contributed by atoms with Gasteiger partial charge in [0.05, 0.1) is 0 Å². The molecule has 1 fully saturated rings. The summed E-state index contributed by atoms with van der Waals surface area (Å²) < 4.78 is 31.7. The Labute approximate surface area is 105 Å². The zero-order valence-corrected chi connectivity index (χ0v) is 9.48. The normalized spacial score (nSPS) is 22.3. The molecule has 0 aromatic rings. The molecule has 1 saturated heterocycles. The number of hydrogen-bond acceptors (Lipinski definition) is 4. The van der Waals surface area contributed by atoms with E-state index in [0.717, 1.165) is 0 Å². The van der Waals surface area contributed by atoms with Crippen LogP contribution >= 0.6 is 0 Å². The molecule has 1 aliphatic heterocycles. The maximum absolute atomic E-state index is 10.6. The molecule has 0 unspecified atom stereocenters. The lowest BCUT2D eigenvalue weighted by atomic mass is 10.0. The van der Waals surface area contributed by atoms with Crippen LogP contribution < -0.4 is 5.32 Å². The van der Waals surface area contributed by atoms with Gasteiger partial charge in [0, 0.05) is 6.42 Å². The Morgan fingerprint density at radius 1 is 1.16 bits per heavy atom. The fraction of sp³-hybridized carbons (Fsp3) is 0.667. The van der Waals surface area contributed by atoms with Crippen molar-refractivity contribution in [3.63, 3.8) is 0 Å². The number of carboxylic acid groups (broad SMARTS) is 3. The van der Waals surface area contributed by atoms with Crippen LogP contribution in [0.4, 0.5) is 13.2 Å². The quantitative estimate of drug-likeness (QED) is 0.582. The number of nitrogens with one attached hydrogen (secondary N) is 1. The van der Waals surface area contributed by atoms with E-state index < -0.39 is 30.1 Å². The zero-order chi connectivity index (χ0) is 15.2. The predicted octanol–water partition coefficient (Wildman–Crippen LogP) is 0.157. The van der Waals surface area contributed by atoms with Crippen molar-refractivity contribution < 1.29 is 42.9 Å². The van der Waals surface area contributed by atoms with Crippen LogP contribution in [0, 0.1) is 5.92 Å². The third-order valence-electron chi connectivity index (χ3n) is 2.23. The van der Waals surface area contributed by atoms with Crippen molar-refractivity contribution in [1.29, 1.82) is 0 Å². The van der Waals surface area contributed by atoms with Gasteiger partial charge in [-0.25, -0.2) is 4.79 Å². The Kier molecular flexibility index (Phi) is 6.25. The average Bonchev–Trinajstić information content (AvgIpc) is 2.64. The first-order chi connectivity index (χ1) is 8.54. The van der Waals surface area contributed by atoms with Crippen LogP contribution in [0.1, 0.15) is 12.8 Å². The van der Waals surface area contributed by atoms with E-state index in [1.165, 1.54) is 0 Å². The van der Waals surface area contributed by atoms with E-state index in [-0.39, 0.29) is 12.3 Å². The molecule has 1 rings (SSSR count). The fourth-order valence-corrected chi connectivity index (χ4v) is 1.40. The van der Waals surface area contributed by atoms with Crippen LogP contribution in [0.25, 0.3) is 0 Å². The minimum Gasteiger partial charge on any atom is -0.481 e. The van der Waals surface area contributed by atoms with Crippen LogP contribution in [0.5, 0.6) is 0 Å². The molecule has 0 aliphatic carbocycles. The van der Waals surface area contributed by atoms with Crippen molar-refractivity contribution in [2.75, 3.05) is 6.54 Å². The number of aliphatic carboxylic acids is 3. The summed E-state index contributed by atoms with van der Waals surface area (Å²) >= 11 is 0. The van der Waals surface area contributed by atoms with E-state index in [9.17, 15) is 22.8 Å². The molecule has 0 saturated carbocycles. The topological polar surface area (TPSA) is 124 Å². The SMILES string of the molecule is O=C(O)C(F)(F)F.O=C(O)C[C@H]1CN[C@H](C(=O)O)C1. The monoisotopic (exact) mass is 287 g/mol. The Balaban J connectivity index is 0.000000399. The fourth-order valence-electron chi connectivity index (χ4n) is 1.40. The molecule has 0 aromatic heterocycles. The Hall–Kier alpha value is -1.84. The minimum absolute atomic E-state index is 0.0383. The van der Waals surface area contributed by atoms with Gasteiger partial charge in [0.15, 0.2) is 0 Å². The lowest BCUT2D eigenvalue weighted by molar-refractivity contribution is -0.192. The van der Waals surface area contributed by atoms with Gasteiger partial charge in [-0.2, -0.15) is 13.2 Å². The highest BCUT2D eigenvalue weighted by Gasteiger charge is 2.38. The highest BCUT2D eigenvalue weighted by molar-refractivity contribution is 5.74. The smallest absolute Gasteiger partial charge is 0.481 e. The molecule has 7 nitrogen and oxygen atoms in total. The molecule has 110 valence electrons. The molecule has 0 amide bonds. The van der Waals surface area contributed by atoms with Crippen molar-refractivity contribution in [1.82, 2.24) is 5.32 Å². The Bertz CT molecular complexity index is 356. The number of carboxylic acids is 3. The molecule has 2 atom stereocenters. The molecule has 0 radical (unpaired) electrons. The lowest BCUT2D eigenvalue weighted by Crippen LogP contribution is -2.29. The Morgan fingerprint density at radius 2 is 1.63 bits per heavy atom. The maximum atomic E-state index is 10.6. The summed E-state index contributed by atoms with van der Waals surface area (Å²) in [6.07, 6.45) is -4.61. The van der Waals surface area contributed by atoms with Gasteiger partial charge in [0.2, 0.25) is 0 Å². The number of carbonyl (C=O) groups is 3. The molecule has 0 aromatic carbocycles. The molecule has 1 aliphatic rings. The summed E-state index contributed by atoms with van der Waals surface area (Å²) in [5.74, 6) is -4.56. The van der Waals surface area contributed by atoms with Gasteiger partial charge in [-0.05, 0) is 18.9 Å². The van der Waals surface area contributed by atoms with Crippen LogP contribution in [0.15, 0.2) is 0 Å². The first-order valence-electron chi connectivity index (χ1n) is 5.02. The molecular formula is C9H12F3NO6. The first kappa shape index (κ1) is 17.2. The predicted molar refractivity (Wildman–Crippen MR) is 53.5 cm³/mol. The standard InChI is InChI=1S/C7H11NO4.C2HF3O2/c9-6(10)2-4-1-5(7(11)12)8-3-4;3-2(4,5)1(6)7/h4-5,8H,1-3H2,(H,9,10)(H,11,12);(H,6,7)/t4-,5-;/m0./s1. The van der Waals surface area contributed by atoms with E-state index >= 15 is 0 Å². The second-order valence-corrected chi connectivity index (χ2v) is 3.80. The van der Waals surface area contributed by atoms with Gasteiger partial charge in [0.1, 0.15) is 6.04 Å². The molecule has 0 spiro atoms. The van der Waals surface area contributed by atoms with Gasteiger partial charge < -0.3 is 20.6 Å². The summed E-state index contributed by atoms with van der Waals surface area (Å²) in [5, 5.41) is 26.9. The van der Waals surface area contributed by atoms with E-state index in [1.54, 1.807) is 0 Å². The second kappa shape index (κ2) is 6.92. The van der Waals surface area contributed by atoms with Gasteiger partial charge in [-0.3, -0.25) is 9.59 Å². The molecule has 19 heavy (non-hydrogen) atoms. The van der Waals surface area contributed by atoms with Gasteiger partial charge in [-0.15, -0.1) is 0 Å². The third kappa shape index (κ3) is 7.24. The van der Waals surface area contributed by atoms with Crippen LogP contribution in [0.2, 0.25) is 0 Å². The average molecular weight is 287 g/mol. The van der Waals surface area contributed by atoms with Crippen molar-refractivity contribution in [2.24, 2.45) is 5.92 Å². The molecular weight excluding hydrogens is 275 g/mol. The highest BCUT2D eigenvalue weighted by atomic mass is 19.4.